The van der Waals surface area contributed by atoms with Crippen LogP contribution in [0.4, 0.5) is 5.69 Å². The predicted octanol–water partition coefficient (Wildman–Crippen LogP) is 0.840. The lowest BCUT2D eigenvalue weighted by Gasteiger charge is -2.11. The van der Waals surface area contributed by atoms with Crippen LogP contribution in [0.15, 0.2) is 24.3 Å². The van der Waals surface area contributed by atoms with Crippen molar-refractivity contribution in [3.63, 3.8) is 0 Å². The highest BCUT2D eigenvalue weighted by Gasteiger charge is 2.13. The van der Waals surface area contributed by atoms with Crippen molar-refractivity contribution in [1.82, 2.24) is 0 Å². The number of hydrogen-bond donors (Lipinski definition) is 2. The summed E-state index contributed by atoms with van der Waals surface area (Å²) in [4.78, 5) is 10.9. The number of carbonyl (C=O) groups is 1. The van der Waals surface area contributed by atoms with E-state index in [0.717, 1.165) is 5.56 Å². The molecule has 3 N–H and O–H groups in total. The maximum Gasteiger partial charge on any atom is 0.305 e. The van der Waals surface area contributed by atoms with Crippen LogP contribution in [0.5, 0.6) is 0 Å². The SMILES string of the molecule is COC(=O)CCCS(=O)(=O)Nc1ccccc1CN. The fourth-order valence-electron chi connectivity index (χ4n) is 1.53. The summed E-state index contributed by atoms with van der Waals surface area (Å²) in [6, 6.07) is 6.93. The van der Waals surface area contributed by atoms with Crippen LogP contribution in [-0.2, 0) is 26.1 Å². The van der Waals surface area contributed by atoms with Gasteiger partial charge in [0.1, 0.15) is 0 Å². The van der Waals surface area contributed by atoms with Gasteiger partial charge in [0.25, 0.3) is 0 Å². The zero-order chi connectivity index (χ0) is 14.3. The van der Waals surface area contributed by atoms with Crippen LogP contribution in [0, 0.1) is 0 Å². The van der Waals surface area contributed by atoms with Crippen LogP contribution in [0.25, 0.3) is 0 Å². The molecule has 0 saturated heterocycles. The molecule has 1 aromatic rings. The van der Waals surface area contributed by atoms with Crippen molar-refractivity contribution in [3.05, 3.63) is 29.8 Å². The molecule has 0 radical (unpaired) electrons. The maximum atomic E-state index is 11.8. The Balaban J connectivity index is 2.61. The van der Waals surface area contributed by atoms with E-state index in [0.29, 0.717) is 5.69 Å². The largest absolute Gasteiger partial charge is 0.469 e. The molecule has 0 spiro atoms. The number of nitrogens with two attached hydrogens (primary N) is 1. The molecule has 0 atom stereocenters. The summed E-state index contributed by atoms with van der Waals surface area (Å²) in [5.74, 6) is -0.557. The van der Waals surface area contributed by atoms with Gasteiger partial charge in [-0.1, -0.05) is 18.2 Å². The molecular formula is C12H18N2O4S. The number of methoxy groups -OCH3 is 1. The number of para-hydroxylation sites is 1. The Kier molecular flexibility index (Phi) is 5.78. The van der Waals surface area contributed by atoms with Crippen molar-refractivity contribution < 1.29 is 17.9 Å². The van der Waals surface area contributed by atoms with Crippen LogP contribution < -0.4 is 10.5 Å². The van der Waals surface area contributed by atoms with Gasteiger partial charge >= 0.3 is 5.97 Å². The zero-order valence-corrected chi connectivity index (χ0v) is 11.6. The lowest BCUT2D eigenvalue weighted by Crippen LogP contribution is -2.19. The molecule has 0 aromatic heterocycles. The van der Waals surface area contributed by atoms with Crippen LogP contribution in [0.1, 0.15) is 18.4 Å². The minimum absolute atomic E-state index is 0.0793. The molecule has 19 heavy (non-hydrogen) atoms. The minimum Gasteiger partial charge on any atom is -0.469 e. The summed E-state index contributed by atoms with van der Waals surface area (Å²) in [6.07, 6.45) is 0.294. The molecule has 1 rings (SSSR count). The van der Waals surface area contributed by atoms with Crippen molar-refractivity contribution in [2.75, 3.05) is 17.6 Å². The molecular weight excluding hydrogens is 268 g/mol. The van der Waals surface area contributed by atoms with Crippen molar-refractivity contribution in [2.45, 2.75) is 19.4 Å². The molecule has 0 fully saturated rings. The molecule has 7 heteroatoms. The third kappa shape index (κ3) is 5.27. The first-order chi connectivity index (χ1) is 8.98. The van der Waals surface area contributed by atoms with Gasteiger partial charge in [0.15, 0.2) is 0 Å². The number of ether oxygens (including phenoxy) is 1. The number of hydrogen-bond acceptors (Lipinski definition) is 5. The first kappa shape index (κ1) is 15.5. The van der Waals surface area contributed by atoms with Crippen LogP contribution in [0.2, 0.25) is 0 Å². The van der Waals surface area contributed by atoms with Gasteiger partial charge in [0.2, 0.25) is 10.0 Å². The smallest absolute Gasteiger partial charge is 0.305 e. The fourth-order valence-corrected chi connectivity index (χ4v) is 2.69. The standard InChI is InChI=1S/C12H18N2O4S/c1-18-12(15)7-4-8-19(16,17)14-11-6-3-2-5-10(11)9-13/h2-3,5-6,14H,4,7-9,13H2,1H3. The Morgan fingerprint density at radius 3 is 2.68 bits per heavy atom. The molecule has 0 unspecified atom stereocenters. The second-order valence-corrected chi connectivity index (χ2v) is 5.80. The molecule has 0 bridgehead atoms. The van der Waals surface area contributed by atoms with Gasteiger partial charge in [-0.3, -0.25) is 9.52 Å². The van der Waals surface area contributed by atoms with Gasteiger partial charge in [0, 0.05) is 13.0 Å². The number of nitrogens with one attached hydrogen (secondary N) is 1. The topological polar surface area (TPSA) is 98.5 Å². The zero-order valence-electron chi connectivity index (χ0n) is 10.8. The van der Waals surface area contributed by atoms with Gasteiger partial charge in [-0.2, -0.15) is 0 Å². The Labute approximate surface area is 113 Å². The van der Waals surface area contributed by atoms with Gasteiger partial charge in [-0.25, -0.2) is 8.42 Å². The summed E-state index contributed by atoms with van der Waals surface area (Å²) in [6.45, 7) is 0.251. The summed E-state index contributed by atoms with van der Waals surface area (Å²) in [5, 5.41) is 0. The van der Waals surface area contributed by atoms with Gasteiger partial charge in [-0.05, 0) is 18.1 Å². The average molecular weight is 286 g/mol. The molecule has 0 aliphatic carbocycles. The van der Waals surface area contributed by atoms with Gasteiger partial charge in [0.05, 0.1) is 18.6 Å². The average Bonchev–Trinajstić information content (AvgIpc) is 2.38. The molecule has 0 amide bonds. The normalized spacial score (nSPS) is 11.1. The van der Waals surface area contributed by atoms with Gasteiger partial charge < -0.3 is 10.5 Å². The highest BCUT2D eigenvalue weighted by Crippen LogP contribution is 2.16. The molecule has 0 aliphatic rings. The first-order valence-corrected chi connectivity index (χ1v) is 7.49. The van der Waals surface area contributed by atoms with E-state index in [2.05, 4.69) is 9.46 Å². The number of rotatable bonds is 7. The highest BCUT2D eigenvalue weighted by molar-refractivity contribution is 7.92. The highest BCUT2D eigenvalue weighted by atomic mass is 32.2. The summed E-state index contributed by atoms with van der Waals surface area (Å²) < 4.78 is 30.6. The quantitative estimate of drug-likeness (QED) is 0.724. The lowest BCUT2D eigenvalue weighted by atomic mass is 10.2. The fraction of sp³-hybridized carbons (Fsp3) is 0.417. The van der Waals surface area contributed by atoms with E-state index in [-0.39, 0.29) is 25.1 Å². The summed E-state index contributed by atoms with van der Waals surface area (Å²) >= 11 is 0. The van der Waals surface area contributed by atoms with Crippen molar-refractivity contribution in [3.8, 4) is 0 Å². The molecule has 6 nitrogen and oxygen atoms in total. The van der Waals surface area contributed by atoms with E-state index in [1.807, 2.05) is 0 Å². The van der Waals surface area contributed by atoms with E-state index < -0.39 is 16.0 Å². The maximum absolute atomic E-state index is 11.8. The van der Waals surface area contributed by atoms with E-state index in [4.69, 9.17) is 5.73 Å². The minimum atomic E-state index is -3.48. The van der Waals surface area contributed by atoms with Crippen LogP contribution >= 0.6 is 0 Å². The Hall–Kier alpha value is -1.60. The van der Waals surface area contributed by atoms with Crippen LogP contribution in [-0.4, -0.2) is 27.2 Å². The number of esters is 1. The van der Waals surface area contributed by atoms with Crippen molar-refractivity contribution in [1.29, 1.82) is 0 Å². The van der Waals surface area contributed by atoms with E-state index in [1.165, 1.54) is 7.11 Å². The molecule has 0 saturated carbocycles. The van der Waals surface area contributed by atoms with Gasteiger partial charge in [-0.15, -0.1) is 0 Å². The summed E-state index contributed by atoms with van der Waals surface area (Å²) in [5.41, 5.74) is 6.73. The van der Waals surface area contributed by atoms with Crippen LogP contribution in [0.3, 0.4) is 0 Å². The molecule has 0 aliphatic heterocycles. The third-order valence-electron chi connectivity index (χ3n) is 2.52. The van der Waals surface area contributed by atoms with E-state index in [1.54, 1.807) is 24.3 Å². The lowest BCUT2D eigenvalue weighted by molar-refractivity contribution is -0.140. The number of benzene rings is 1. The number of anilines is 1. The van der Waals surface area contributed by atoms with E-state index >= 15 is 0 Å². The second-order valence-electron chi connectivity index (χ2n) is 3.96. The summed E-state index contributed by atoms with van der Waals surface area (Å²) in [7, 11) is -2.21. The molecule has 0 heterocycles. The Morgan fingerprint density at radius 1 is 1.37 bits per heavy atom. The predicted molar refractivity (Wildman–Crippen MR) is 73.0 cm³/mol. The first-order valence-electron chi connectivity index (χ1n) is 5.84. The molecule has 106 valence electrons. The number of sulfonamides is 1. The van der Waals surface area contributed by atoms with Crippen molar-refractivity contribution >= 4 is 21.7 Å². The van der Waals surface area contributed by atoms with Crippen molar-refractivity contribution in [2.24, 2.45) is 5.73 Å². The Bertz CT molecular complexity index is 528. The third-order valence-corrected chi connectivity index (χ3v) is 3.88. The Morgan fingerprint density at radius 2 is 2.05 bits per heavy atom. The monoisotopic (exact) mass is 286 g/mol. The second kappa shape index (κ2) is 7.10. The molecule has 1 aromatic carbocycles. The van der Waals surface area contributed by atoms with E-state index in [9.17, 15) is 13.2 Å². The number of carbonyl (C=O) groups excluding carboxylic acids is 1.